The van der Waals surface area contributed by atoms with E-state index in [9.17, 15) is 14.7 Å². The van der Waals surface area contributed by atoms with E-state index in [0.717, 1.165) is 0 Å². The average Bonchev–Trinajstić information content (AvgIpc) is 2.49. The van der Waals surface area contributed by atoms with Crippen LogP contribution in [0.1, 0.15) is 19.4 Å². The first-order valence-electron chi connectivity index (χ1n) is 6.37. The Morgan fingerprint density at radius 2 is 1.76 bits per heavy atom. The Hall–Kier alpha value is -2.50. The number of nitrogens with zero attached hydrogens (tertiary/aromatic N) is 2. The third-order valence-electron chi connectivity index (χ3n) is 2.67. The molecular weight excluding hydrogens is 276 g/mol. The van der Waals surface area contributed by atoms with Crippen molar-refractivity contribution in [3.05, 3.63) is 41.4 Å². The van der Waals surface area contributed by atoms with Gasteiger partial charge in [0.1, 0.15) is 0 Å². The zero-order chi connectivity index (χ0) is 15.9. The average molecular weight is 292 g/mol. The quantitative estimate of drug-likeness (QED) is 0.359. The molecule has 7 heteroatoms. The second-order valence-electron chi connectivity index (χ2n) is 3.97. The van der Waals surface area contributed by atoms with Gasteiger partial charge in [0.15, 0.2) is 0 Å². The monoisotopic (exact) mass is 292 g/mol. The fourth-order valence-electron chi connectivity index (χ4n) is 1.73. The van der Waals surface area contributed by atoms with Crippen molar-refractivity contribution >= 4 is 17.7 Å². The highest BCUT2D eigenvalue weighted by Gasteiger charge is 2.56. The Morgan fingerprint density at radius 1 is 1.19 bits per heavy atom. The molecule has 1 unspecified atom stereocenters. The van der Waals surface area contributed by atoms with Gasteiger partial charge in [-0.1, -0.05) is 30.3 Å². The molecule has 21 heavy (non-hydrogen) atoms. The molecule has 1 rings (SSSR count). The maximum Gasteiger partial charge on any atom is 0.423 e. The second-order valence-corrected chi connectivity index (χ2v) is 3.97. The standard InChI is InChI=1S/C14H16N2O5/c1-3-20-12(17)11(16-15)14(19,13(18)21-4-2)10-8-6-5-7-9-10/h5-9,19H,3-4H2,1-2H3. The summed E-state index contributed by atoms with van der Waals surface area (Å²) in [5.41, 5.74) is 5.69. The van der Waals surface area contributed by atoms with E-state index in [1.807, 2.05) is 0 Å². The highest BCUT2D eigenvalue weighted by Crippen LogP contribution is 2.25. The van der Waals surface area contributed by atoms with Gasteiger partial charge in [-0.2, -0.15) is 4.79 Å². The predicted molar refractivity (Wildman–Crippen MR) is 72.2 cm³/mol. The summed E-state index contributed by atoms with van der Waals surface area (Å²) in [7, 11) is 0. The lowest BCUT2D eigenvalue weighted by atomic mass is 9.88. The van der Waals surface area contributed by atoms with Gasteiger partial charge in [0, 0.05) is 5.56 Å². The highest BCUT2D eigenvalue weighted by atomic mass is 16.6. The molecule has 0 aliphatic heterocycles. The molecule has 1 atom stereocenters. The lowest BCUT2D eigenvalue weighted by Crippen LogP contribution is -2.49. The topological polar surface area (TPSA) is 109 Å². The van der Waals surface area contributed by atoms with Gasteiger partial charge >= 0.3 is 17.7 Å². The van der Waals surface area contributed by atoms with E-state index in [1.54, 1.807) is 32.0 Å². The number of hydrogen-bond donors (Lipinski definition) is 1. The van der Waals surface area contributed by atoms with E-state index in [1.165, 1.54) is 12.1 Å². The van der Waals surface area contributed by atoms with Crippen LogP contribution in [0.3, 0.4) is 0 Å². The summed E-state index contributed by atoms with van der Waals surface area (Å²) in [6.07, 6.45) is 0. The number of ether oxygens (including phenoxy) is 2. The van der Waals surface area contributed by atoms with Gasteiger partial charge in [0.2, 0.25) is 0 Å². The minimum atomic E-state index is -2.54. The minimum Gasteiger partial charge on any atom is -0.463 e. The van der Waals surface area contributed by atoms with Crippen LogP contribution in [-0.4, -0.2) is 40.8 Å². The Bertz CT molecular complexity index is 566. The van der Waals surface area contributed by atoms with Crippen LogP contribution in [0.15, 0.2) is 30.3 Å². The van der Waals surface area contributed by atoms with Crippen LogP contribution >= 0.6 is 0 Å². The van der Waals surface area contributed by atoms with E-state index in [2.05, 4.69) is 4.79 Å². The normalized spacial score (nSPS) is 12.7. The smallest absolute Gasteiger partial charge is 0.423 e. The number of hydrogen-bond acceptors (Lipinski definition) is 5. The molecular formula is C14H16N2O5. The van der Waals surface area contributed by atoms with Crippen LogP contribution in [0.4, 0.5) is 0 Å². The largest absolute Gasteiger partial charge is 0.463 e. The molecule has 0 radical (unpaired) electrons. The third kappa shape index (κ3) is 3.34. The lowest BCUT2D eigenvalue weighted by molar-refractivity contribution is -0.166. The molecule has 0 amide bonds. The molecule has 1 aromatic carbocycles. The van der Waals surface area contributed by atoms with Crippen molar-refractivity contribution < 1.29 is 29.0 Å². The summed E-state index contributed by atoms with van der Waals surface area (Å²) in [5.74, 6) is -2.24. The summed E-state index contributed by atoms with van der Waals surface area (Å²) in [5, 5.41) is 10.7. The van der Waals surface area contributed by atoms with Crippen LogP contribution in [-0.2, 0) is 24.7 Å². The van der Waals surface area contributed by atoms with Gasteiger partial charge in [-0.25, -0.2) is 9.59 Å². The number of carbonyl (C=O) groups is 2. The summed E-state index contributed by atoms with van der Waals surface area (Å²) in [4.78, 5) is 26.7. The summed E-state index contributed by atoms with van der Waals surface area (Å²) < 4.78 is 9.48. The first kappa shape index (κ1) is 16.6. The van der Waals surface area contributed by atoms with Gasteiger partial charge in [-0.05, 0) is 13.8 Å². The first-order valence-corrected chi connectivity index (χ1v) is 6.37. The summed E-state index contributed by atoms with van der Waals surface area (Å²) in [6.45, 7) is 3.06. The van der Waals surface area contributed by atoms with Crippen LogP contribution in [0.5, 0.6) is 0 Å². The molecule has 0 saturated carbocycles. The van der Waals surface area contributed by atoms with E-state index in [0.29, 0.717) is 0 Å². The van der Waals surface area contributed by atoms with Crippen molar-refractivity contribution in [3.63, 3.8) is 0 Å². The number of carbonyl (C=O) groups excluding carboxylic acids is 2. The van der Waals surface area contributed by atoms with E-state index in [-0.39, 0.29) is 18.8 Å². The summed E-state index contributed by atoms with van der Waals surface area (Å²) >= 11 is 0. The number of rotatable bonds is 6. The van der Waals surface area contributed by atoms with E-state index in [4.69, 9.17) is 15.0 Å². The third-order valence-corrected chi connectivity index (χ3v) is 2.67. The molecule has 0 aliphatic carbocycles. The van der Waals surface area contributed by atoms with Crippen LogP contribution in [0, 0.1) is 0 Å². The molecule has 1 N–H and O–H groups in total. The molecule has 112 valence electrons. The van der Waals surface area contributed by atoms with Gasteiger partial charge in [-0.15, -0.1) is 0 Å². The fourth-order valence-corrected chi connectivity index (χ4v) is 1.73. The number of esters is 2. The van der Waals surface area contributed by atoms with Gasteiger partial charge < -0.3 is 20.1 Å². The zero-order valence-electron chi connectivity index (χ0n) is 11.8. The van der Waals surface area contributed by atoms with Crippen LogP contribution < -0.4 is 0 Å². The Morgan fingerprint density at radius 3 is 2.24 bits per heavy atom. The molecule has 0 spiro atoms. The van der Waals surface area contributed by atoms with Crippen LogP contribution in [0.25, 0.3) is 5.53 Å². The second kappa shape index (κ2) is 7.33. The van der Waals surface area contributed by atoms with Crippen molar-refractivity contribution in [1.82, 2.24) is 0 Å². The van der Waals surface area contributed by atoms with Crippen molar-refractivity contribution in [2.75, 3.05) is 13.2 Å². The maximum atomic E-state index is 12.1. The van der Waals surface area contributed by atoms with Crippen molar-refractivity contribution in [3.8, 4) is 0 Å². The van der Waals surface area contributed by atoms with Gasteiger partial charge in [0.05, 0.1) is 13.2 Å². The van der Waals surface area contributed by atoms with Crippen molar-refractivity contribution in [1.29, 1.82) is 0 Å². The number of aliphatic hydroxyl groups is 1. The van der Waals surface area contributed by atoms with E-state index < -0.39 is 23.3 Å². The first-order chi connectivity index (χ1) is 10.0. The molecule has 0 bridgehead atoms. The predicted octanol–water partition coefficient (Wildman–Crippen LogP) is 0.671. The van der Waals surface area contributed by atoms with E-state index >= 15 is 0 Å². The van der Waals surface area contributed by atoms with Crippen molar-refractivity contribution in [2.45, 2.75) is 19.4 Å². The SMILES string of the molecule is CCOC(=O)C(=[N+]=[N-])C(O)(C(=O)OCC)c1ccccc1. The van der Waals surface area contributed by atoms with Crippen molar-refractivity contribution in [2.24, 2.45) is 0 Å². The molecule has 0 aromatic heterocycles. The van der Waals surface area contributed by atoms with Gasteiger partial charge in [-0.3, -0.25) is 0 Å². The Kier molecular flexibility index (Phi) is 5.78. The molecule has 1 aromatic rings. The molecule has 7 nitrogen and oxygen atoms in total. The van der Waals surface area contributed by atoms with Crippen LogP contribution in [0.2, 0.25) is 0 Å². The maximum absolute atomic E-state index is 12.1. The summed E-state index contributed by atoms with van der Waals surface area (Å²) in [6, 6.07) is 7.58. The molecule has 0 saturated heterocycles. The zero-order valence-corrected chi connectivity index (χ0v) is 11.8. The van der Waals surface area contributed by atoms with Gasteiger partial charge in [0.25, 0.3) is 5.60 Å². The Balaban J connectivity index is 3.41. The molecule has 0 aliphatic rings. The fraction of sp³-hybridized carbons (Fsp3) is 0.357. The lowest BCUT2D eigenvalue weighted by Gasteiger charge is -2.21. The Labute approximate surface area is 121 Å². The highest BCUT2D eigenvalue weighted by molar-refractivity contribution is 6.41. The molecule has 0 fully saturated rings. The minimum absolute atomic E-state index is 0.00838. The molecule has 0 heterocycles. The number of benzene rings is 1.